The molecule has 4 nitrogen and oxygen atoms in total. The Morgan fingerprint density at radius 3 is 2.48 bits per heavy atom. The second-order valence-corrected chi connectivity index (χ2v) is 5.86. The Labute approximate surface area is 133 Å². The molecule has 1 atom stereocenters. The van der Waals surface area contributed by atoms with E-state index in [1.807, 2.05) is 12.1 Å². The lowest BCUT2D eigenvalue weighted by atomic mass is 9.98. The van der Waals surface area contributed by atoms with Crippen molar-refractivity contribution in [2.45, 2.75) is 25.1 Å². The van der Waals surface area contributed by atoms with Crippen molar-refractivity contribution in [2.75, 3.05) is 39.4 Å². The van der Waals surface area contributed by atoms with Gasteiger partial charge < -0.3 is 14.8 Å². The van der Waals surface area contributed by atoms with Crippen LogP contribution in [-0.4, -0.2) is 50.5 Å². The van der Waals surface area contributed by atoms with Crippen molar-refractivity contribution in [3.8, 4) is 11.5 Å². The third kappa shape index (κ3) is 4.29. The molecule has 2 aliphatic heterocycles. The van der Waals surface area contributed by atoms with Crippen molar-refractivity contribution >= 4 is 0 Å². The molecule has 0 spiro atoms. The van der Waals surface area contributed by atoms with Gasteiger partial charge in [0, 0.05) is 38.6 Å². The summed E-state index contributed by atoms with van der Waals surface area (Å²) in [4.78, 5) is 2.12. The Bertz CT molecular complexity index is 531. The van der Waals surface area contributed by atoms with Gasteiger partial charge in [-0.2, -0.15) is 13.2 Å². The predicted octanol–water partition coefficient (Wildman–Crippen LogP) is 2.75. The molecule has 0 radical (unpaired) electrons. The number of ether oxygens (including phenoxy) is 2. The highest BCUT2D eigenvalue weighted by atomic mass is 19.4. The first kappa shape index (κ1) is 16.4. The molecule has 1 aromatic rings. The van der Waals surface area contributed by atoms with Gasteiger partial charge in [0.05, 0.1) is 0 Å². The predicted molar refractivity (Wildman–Crippen MR) is 79.9 cm³/mol. The summed E-state index contributed by atoms with van der Waals surface area (Å²) in [7, 11) is 0. The largest absolute Gasteiger partial charge is 0.486 e. The first-order valence-electron chi connectivity index (χ1n) is 7.94. The highest BCUT2D eigenvalue weighted by Gasteiger charge is 2.31. The lowest BCUT2D eigenvalue weighted by Gasteiger charge is -2.36. The lowest BCUT2D eigenvalue weighted by Crippen LogP contribution is -2.45. The van der Waals surface area contributed by atoms with Crippen LogP contribution in [0.2, 0.25) is 0 Å². The van der Waals surface area contributed by atoms with Gasteiger partial charge in [-0.05, 0) is 24.1 Å². The van der Waals surface area contributed by atoms with Crippen LogP contribution in [0, 0.1) is 0 Å². The maximum absolute atomic E-state index is 12.7. The molecule has 0 bridgehead atoms. The fraction of sp³-hybridized carbons (Fsp3) is 0.625. The van der Waals surface area contributed by atoms with Gasteiger partial charge in [-0.15, -0.1) is 0 Å². The Morgan fingerprint density at radius 1 is 1.09 bits per heavy atom. The average molecular weight is 330 g/mol. The number of halogens is 3. The standard InChI is InChI=1S/C16H21F3N2O2/c17-16(18,19)4-3-13(21-7-5-20-6-8-21)12-1-2-14-15(11-12)23-10-9-22-14/h1-2,11,13,20H,3-10H2/t13-/m0/s1. The summed E-state index contributed by atoms with van der Waals surface area (Å²) in [5, 5.41) is 3.23. The van der Waals surface area contributed by atoms with E-state index < -0.39 is 12.6 Å². The molecule has 23 heavy (non-hydrogen) atoms. The minimum Gasteiger partial charge on any atom is -0.486 e. The number of fused-ring (bicyclic) bond motifs is 1. The van der Waals surface area contributed by atoms with E-state index in [9.17, 15) is 13.2 Å². The number of nitrogens with one attached hydrogen (secondary N) is 1. The normalized spacial score (nSPS) is 20.3. The zero-order chi connectivity index (χ0) is 16.3. The summed E-state index contributed by atoms with van der Waals surface area (Å²) >= 11 is 0. The number of piperazine rings is 1. The monoisotopic (exact) mass is 330 g/mol. The quantitative estimate of drug-likeness (QED) is 0.920. The molecule has 2 heterocycles. The second kappa shape index (κ2) is 6.97. The molecule has 1 fully saturated rings. The Kier molecular flexibility index (Phi) is 4.96. The number of rotatable bonds is 4. The Hall–Kier alpha value is -1.47. The topological polar surface area (TPSA) is 33.7 Å². The summed E-state index contributed by atoms with van der Waals surface area (Å²) in [6.07, 6.45) is -4.86. The molecule has 128 valence electrons. The van der Waals surface area contributed by atoms with Crippen LogP contribution in [0.25, 0.3) is 0 Å². The number of benzene rings is 1. The smallest absolute Gasteiger partial charge is 0.389 e. The van der Waals surface area contributed by atoms with Crippen LogP contribution in [0.3, 0.4) is 0 Å². The molecule has 0 aliphatic carbocycles. The van der Waals surface area contributed by atoms with E-state index in [1.54, 1.807) is 6.07 Å². The molecule has 7 heteroatoms. The number of hydrogen-bond acceptors (Lipinski definition) is 4. The summed E-state index contributed by atoms with van der Waals surface area (Å²) in [6, 6.07) is 5.23. The highest BCUT2D eigenvalue weighted by molar-refractivity contribution is 5.44. The molecule has 0 unspecified atom stereocenters. The van der Waals surface area contributed by atoms with E-state index in [2.05, 4.69) is 10.2 Å². The Balaban J connectivity index is 1.81. The lowest BCUT2D eigenvalue weighted by molar-refractivity contribution is -0.138. The molecule has 3 rings (SSSR count). The molecule has 1 saturated heterocycles. The van der Waals surface area contributed by atoms with Gasteiger partial charge in [-0.1, -0.05) is 6.07 Å². The van der Waals surface area contributed by atoms with E-state index in [-0.39, 0.29) is 12.5 Å². The molecule has 1 N–H and O–H groups in total. The van der Waals surface area contributed by atoms with Crippen molar-refractivity contribution in [2.24, 2.45) is 0 Å². The van der Waals surface area contributed by atoms with E-state index in [0.717, 1.165) is 31.7 Å². The molecule has 1 aromatic carbocycles. The minimum atomic E-state index is -4.14. The molecular formula is C16H21F3N2O2. The SMILES string of the molecule is FC(F)(F)CC[C@@H](c1ccc2c(c1)OCCO2)N1CCNCC1. The maximum Gasteiger partial charge on any atom is 0.389 e. The number of alkyl halides is 3. The molecular weight excluding hydrogens is 309 g/mol. The zero-order valence-corrected chi connectivity index (χ0v) is 12.9. The van der Waals surface area contributed by atoms with Gasteiger partial charge in [0.2, 0.25) is 0 Å². The van der Waals surface area contributed by atoms with Gasteiger partial charge in [0.25, 0.3) is 0 Å². The number of nitrogens with zero attached hydrogens (tertiary/aromatic N) is 1. The summed E-state index contributed by atoms with van der Waals surface area (Å²) in [5.74, 6) is 1.29. The second-order valence-electron chi connectivity index (χ2n) is 5.86. The number of hydrogen-bond donors (Lipinski definition) is 1. The van der Waals surface area contributed by atoms with E-state index in [4.69, 9.17) is 9.47 Å². The summed E-state index contributed by atoms with van der Waals surface area (Å²) in [6.45, 7) is 4.06. The van der Waals surface area contributed by atoms with Crippen LogP contribution in [0.5, 0.6) is 11.5 Å². The van der Waals surface area contributed by atoms with E-state index >= 15 is 0 Å². The summed E-state index contributed by atoms with van der Waals surface area (Å²) in [5.41, 5.74) is 0.861. The fourth-order valence-corrected chi connectivity index (χ4v) is 3.12. The van der Waals surface area contributed by atoms with Gasteiger partial charge in [-0.25, -0.2) is 0 Å². The van der Waals surface area contributed by atoms with Crippen molar-refractivity contribution in [3.05, 3.63) is 23.8 Å². The average Bonchev–Trinajstić information content (AvgIpc) is 2.55. The van der Waals surface area contributed by atoms with Crippen LogP contribution in [-0.2, 0) is 0 Å². The molecule has 0 aromatic heterocycles. The van der Waals surface area contributed by atoms with Crippen molar-refractivity contribution in [1.82, 2.24) is 10.2 Å². The van der Waals surface area contributed by atoms with Crippen LogP contribution in [0.4, 0.5) is 13.2 Å². The Morgan fingerprint density at radius 2 is 1.78 bits per heavy atom. The van der Waals surface area contributed by atoms with E-state index in [1.165, 1.54) is 0 Å². The fourth-order valence-electron chi connectivity index (χ4n) is 3.12. The van der Waals surface area contributed by atoms with Gasteiger partial charge in [0.1, 0.15) is 13.2 Å². The first-order valence-corrected chi connectivity index (χ1v) is 7.94. The van der Waals surface area contributed by atoms with Gasteiger partial charge in [0.15, 0.2) is 11.5 Å². The van der Waals surface area contributed by atoms with Crippen LogP contribution < -0.4 is 14.8 Å². The maximum atomic E-state index is 12.7. The van der Waals surface area contributed by atoms with Crippen LogP contribution in [0.1, 0.15) is 24.4 Å². The molecule has 0 saturated carbocycles. The van der Waals surface area contributed by atoms with Crippen molar-refractivity contribution in [3.63, 3.8) is 0 Å². The van der Waals surface area contributed by atoms with Crippen molar-refractivity contribution in [1.29, 1.82) is 0 Å². The molecule has 2 aliphatic rings. The molecule has 0 amide bonds. The third-order valence-corrected chi connectivity index (χ3v) is 4.24. The summed E-state index contributed by atoms with van der Waals surface area (Å²) < 4.78 is 49.1. The van der Waals surface area contributed by atoms with E-state index in [0.29, 0.717) is 24.7 Å². The van der Waals surface area contributed by atoms with Crippen LogP contribution >= 0.6 is 0 Å². The zero-order valence-electron chi connectivity index (χ0n) is 12.9. The first-order chi connectivity index (χ1) is 11.0. The minimum absolute atomic E-state index is 0.0587. The highest BCUT2D eigenvalue weighted by Crippen LogP contribution is 2.37. The third-order valence-electron chi connectivity index (χ3n) is 4.24. The van der Waals surface area contributed by atoms with Crippen molar-refractivity contribution < 1.29 is 22.6 Å². The van der Waals surface area contributed by atoms with Gasteiger partial charge in [-0.3, -0.25) is 4.90 Å². The van der Waals surface area contributed by atoms with Gasteiger partial charge >= 0.3 is 6.18 Å². The van der Waals surface area contributed by atoms with Crippen LogP contribution in [0.15, 0.2) is 18.2 Å².